The lowest BCUT2D eigenvalue weighted by molar-refractivity contribution is 0.251. The van der Waals surface area contributed by atoms with Crippen molar-refractivity contribution in [3.05, 3.63) is 86.2 Å². The summed E-state index contributed by atoms with van der Waals surface area (Å²) in [5, 5.41) is 12.3. The van der Waals surface area contributed by atoms with Crippen molar-refractivity contribution in [2.75, 3.05) is 20.2 Å². The van der Waals surface area contributed by atoms with Crippen molar-refractivity contribution in [1.82, 2.24) is 19.4 Å². The van der Waals surface area contributed by atoms with Crippen LogP contribution in [0.25, 0.3) is 16.6 Å². The number of nitrogens with zero attached hydrogens (tertiary/aromatic N) is 2. The third-order valence-electron chi connectivity index (χ3n) is 6.08. The van der Waals surface area contributed by atoms with Gasteiger partial charge in [0.25, 0.3) is 5.56 Å². The topological polar surface area (TPSA) is 103 Å². The molecule has 0 fully saturated rings. The minimum Gasteiger partial charge on any atom is -0.494 e. The van der Waals surface area contributed by atoms with E-state index in [2.05, 4.69) is 16.0 Å². The Morgan fingerprint density at radius 3 is 2.59 bits per heavy atom. The maximum absolute atomic E-state index is 13.0. The van der Waals surface area contributed by atoms with E-state index >= 15 is 0 Å². The Labute approximate surface area is 183 Å². The zero-order valence-corrected chi connectivity index (χ0v) is 17.9. The molecule has 0 saturated heterocycles. The van der Waals surface area contributed by atoms with Gasteiger partial charge in [0, 0.05) is 23.1 Å². The molecule has 4 aromatic rings. The molecule has 1 aliphatic rings. The van der Waals surface area contributed by atoms with Crippen molar-refractivity contribution in [3.63, 3.8) is 0 Å². The summed E-state index contributed by atoms with van der Waals surface area (Å²) < 4.78 is 6.58. The predicted molar refractivity (Wildman–Crippen MR) is 122 cm³/mol. The van der Waals surface area contributed by atoms with Crippen molar-refractivity contribution in [3.8, 4) is 17.3 Å². The number of aromatic hydroxyl groups is 1. The Hall–Kier alpha value is -3.78. The normalized spacial score (nSPS) is 16.2. The largest absolute Gasteiger partial charge is 0.494 e. The van der Waals surface area contributed by atoms with E-state index in [1.807, 2.05) is 37.1 Å². The fraction of sp³-hybridized carbons (Fsp3) is 0.250. The monoisotopic (exact) mass is 432 g/mol. The van der Waals surface area contributed by atoms with Crippen molar-refractivity contribution in [1.29, 1.82) is 0 Å². The van der Waals surface area contributed by atoms with Crippen LogP contribution in [-0.4, -0.2) is 44.7 Å². The van der Waals surface area contributed by atoms with Crippen LogP contribution < -0.4 is 16.0 Å². The maximum atomic E-state index is 13.0. The number of aromatic nitrogens is 3. The lowest BCUT2D eigenvalue weighted by Crippen LogP contribution is -2.39. The number of aromatic amines is 2. The molecule has 1 aliphatic heterocycles. The van der Waals surface area contributed by atoms with E-state index in [0.717, 1.165) is 33.1 Å². The van der Waals surface area contributed by atoms with Crippen molar-refractivity contribution >= 4 is 10.9 Å². The maximum Gasteiger partial charge on any atom is 0.335 e. The van der Waals surface area contributed by atoms with Crippen LogP contribution in [0.4, 0.5) is 0 Å². The molecule has 0 saturated carbocycles. The highest BCUT2D eigenvalue weighted by atomic mass is 16.5. The molecule has 32 heavy (non-hydrogen) atoms. The summed E-state index contributed by atoms with van der Waals surface area (Å²) in [7, 11) is 1.91. The van der Waals surface area contributed by atoms with Gasteiger partial charge in [-0.2, -0.15) is 0 Å². The van der Waals surface area contributed by atoms with Crippen LogP contribution in [0.15, 0.2) is 58.1 Å². The molecule has 0 spiro atoms. The number of nitrogens with one attached hydrogen (secondary N) is 2. The average molecular weight is 432 g/mol. The fourth-order valence-corrected chi connectivity index (χ4v) is 4.61. The fourth-order valence-electron chi connectivity index (χ4n) is 4.61. The minimum absolute atomic E-state index is 0.133. The standard InChI is InChI=1S/C24H24N4O4/c1-3-32-15-10-8-14(9-11-15)28-23(30)19(22(29)26-24(28)31)21-20-17(12-13-27(21)2)16-6-4-5-7-18(16)25-20/h4-11,21,25,30H,3,12-13H2,1-2H3,(H,26,29,31)/t21-/m1/s1. The molecule has 5 rings (SSSR count). The van der Waals surface area contributed by atoms with Gasteiger partial charge in [-0.15, -0.1) is 0 Å². The number of para-hydroxylation sites is 1. The molecule has 0 unspecified atom stereocenters. The van der Waals surface area contributed by atoms with Crippen LogP contribution in [0.5, 0.6) is 11.6 Å². The molecule has 8 heteroatoms. The lowest BCUT2D eigenvalue weighted by Gasteiger charge is -2.33. The molecule has 8 nitrogen and oxygen atoms in total. The highest BCUT2D eigenvalue weighted by molar-refractivity contribution is 5.85. The average Bonchev–Trinajstić information content (AvgIpc) is 3.15. The van der Waals surface area contributed by atoms with Gasteiger partial charge in [-0.05, 0) is 56.3 Å². The van der Waals surface area contributed by atoms with Crippen molar-refractivity contribution in [2.45, 2.75) is 19.4 Å². The quantitative estimate of drug-likeness (QED) is 0.460. The number of hydrogen-bond acceptors (Lipinski definition) is 5. The van der Waals surface area contributed by atoms with Gasteiger partial charge in [-0.25, -0.2) is 9.36 Å². The summed E-state index contributed by atoms with van der Waals surface area (Å²) in [5.74, 6) is 0.287. The Morgan fingerprint density at radius 2 is 1.84 bits per heavy atom. The summed E-state index contributed by atoms with van der Waals surface area (Å²) >= 11 is 0. The third kappa shape index (κ3) is 3.11. The molecule has 0 bridgehead atoms. The van der Waals surface area contributed by atoms with E-state index in [1.165, 1.54) is 0 Å². The van der Waals surface area contributed by atoms with Gasteiger partial charge in [-0.1, -0.05) is 18.2 Å². The predicted octanol–water partition coefficient (Wildman–Crippen LogP) is 2.69. The van der Waals surface area contributed by atoms with Gasteiger partial charge in [0.05, 0.1) is 18.3 Å². The van der Waals surface area contributed by atoms with Crippen LogP contribution in [-0.2, 0) is 6.42 Å². The third-order valence-corrected chi connectivity index (χ3v) is 6.08. The van der Waals surface area contributed by atoms with E-state index in [9.17, 15) is 14.7 Å². The van der Waals surface area contributed by atoms with E-state index in [0.29, 0.717) is 24.6 Å². The first-order valence-electron chi connectivity index (χ1n) is 10.6. The van der Waals surface area contributed by atoms with Gasteiger partial charge in [0.2, 0.25) is 5.88 Å². The molecule has 1 atom stereocenters. The Balaban J connectivity index is 1.70. The van der Waals surface area contributed by atoms with Crippen LogP contribution in [0.3, 0.4) is 0 Å². The second kappa shape index (κ2) is 7.72. The summed E-state index contributed by atoms with van der Waals surface area (Å²) in [6.45, 7) is 3.12. The summed E-state index contributed by atoms with van der Waals surface area (Å²) in [6.07, 6.45) is 0.823. The first-order chi connectivity index (χ1) is 15.5. The summed E-state index contributed by atoms with van der Waals surface area (Å²) in [5.41, 5.74) is 2.23. The molecule has 3 N–H and O–H groups in total. The summed E-state index contributed by atoms with van der Waals surface area (Å²) in [4.78, 5) is 33.5. The van der Waals surface area contributed by atoms with Crippen LogP contribution >= 0.6 is 0 Å². The number of hydrogen-bond donors (Lipinski definition) is 3. The number of rotatable bonds is 4. The second-order valence-corrected chi connectivity index (χ2v) is 7.95. The minimum atomic E-state index is -0.698. The lowest BCUT2D eigenvalue weighted by atomic mass is 9.94. The van der Waals surface area contributed by atoms with Gasteiger partial charge < -0.3 is 14.8 Å². The number of H-pyrrole nitrogens is 2. The molecule has 164 valence electrons. The Bertz CT molecular complexity index is 1410. The Kier molecular flexibility index (Phi) is 4.86. The highest BCUT2D eigenvalue weighted by Gasteiger charge is 2.34. The molecule has 2 aromatic heterocycles. The zero-order chi connectivity index (χ0) is 22.4. The number of fused-ring (bicyclic) bond motifs is 3. The molecule has 3 heterocycles. The van der Waals surface area contributed by atoms with Gasteiger partial charge >= 0.3 is 5.69 Å². The molecule has 2 aromatic carbocycles. The van der Waals surface area contributed by atoms with Crippen LogP contribution in [0.2, 0.25) is 0 Å². The molecule has 0 aliphatic carbocycles. The van der Waals surface area contributed by atoms with E-state index in [-0.39, 0.29) is 11.4 Å². The molecular weight excluding hydrogens is 408 g/mol. The second-order valence-electron chi connectivity index (χ2n) is 7.95. The van der Waals surface area contributed by atoms with Crippen molar-refractivity contribution in [2.24, 2.45) is 0 Å². The van der Waals surface area contributed by atoms with Crippen LogP contribution in [0.1, 0.15) is 29.8 Å². The van der Waals surface area contributed by atoms with E-state index in [4.69, 9.17) is 4.74 Å². The van der Waals surface area contributed by atoms with Gasteiger partial charge in [-0.3, -0.25) is 14.7 Å². The first-order valence-corrected chi connectivity index (χ1v) is 10.6. The Morgan fingerprint density at radius 1 is 1.09 bits per heavy atom. The van der Waals surface area contributed by atoms with Gasteiger partial charge in [0.1, 0.15) is 11.3 Å². The van der Waals surface area contributed by atoms with Gasteiger partial charge in [0.15, 0.2) is 0 Å². The number of benzene rings is 2. The number of likely N-dealkylation sites (N-methyl/N-ethyl adjacent to an activating group) is 1. The molecule has 0 radical (unpaired) electrons. The molecular formula is C24H24N4O4. The smallest absolute Gasteiger partial charge is 0.335 e. The first kappa shape index (κ1) is 20.1. The molecule has 0 amide bonds. The zero-order valence-electron chi connectivity index (χ0n) is 17.9. The van der Waals surface area contributed by atoms with E-state index < -0.39 is 17.3 Å². The highest BCUT2D eigenvalue weighted by Crippen LogP contribution is 2.39. The SMILES string of the molecule is CCOc1ccc(-n2c(O)c([C@@H]3c4[nH]c5ccccc5c4CCN3C)c(=O)[nH]c2=O)cc1. The van der Waals surface area contributed by atoms with Crippen molar-refractivity contribution < 1.29 is 9.84 Å². The number of ether oxygens (including phenoxy) is 1. The van der Waals surface area contributed by atoms with E-state index in [1.54, 1.807) is 24.3 Å². The van der Waals surface area contributed by atoms with Crippen LogP contribution in [0, 0.1) is 0 Å². The summed E-state index contributed by atoms with van der Waals surface area (Å²) in [6, 6.07) is 14.3.